The zero-order valence-corrected chi connectivity index (χ0v) is 14.8. The zero-order chi connectivity index (χ0) is 17.2. The van der Waals surface area contributed by atoms with Crippen molar-refractivity contribution in [3.05, 3.63) is 35.9 Å². The number of benzene rings is 1. The van der Waals surface area contributed by atoms with Crippen LogP contribution >= 0.6 is 0 Å². The van der Waals surface area contributed by atoms with E-state index in [-0.39, 0.29) is 5.91 Å². The number of piperazine rings is 1. The minimum absolute atomic E-state index is 0.102. The Kier molecular flexibility index (Phi) is 4.94. The Hall–Kier alpha value is -1.44. The maximum absolute atomic E-state index is 13.3. The summed E-state index contributed by atoms with van der Waals surface area (Å²) >= 11 is 0. The Balaban J connectivity index is 1.81. The summed E-state index contributed by atoms with van der Waals surface area (Å²) < 4.78 is 30.2. The van der Waals surface area contributed by atoms with Crippen molar-refractivity contribution in [3.8, 4) is 0 Å². The van der Waals surface area contributed by atoms with E-state index in [1.165, 1.54) is 10.6 Å². The van der Waals surface area contributed by atoms with E-state index in [1.54, 1.807) is 0 Å². The molecule has 3 rings (SSSR count). The molecule has 2 heterocycles. The van der Waals surface area contributed by atoms with Crippen molar-refractivity contribution >= 4 is 15.9 Å². The molecule has 6 nitrogen and oxygen atoms in total. The Labute approximate surface area is 143 Å². The Morgan fingerprint density at radius 3 is 2.17 bits per heavy atom. The molecule has 1 aromatic rings. The van der Waals surface area contributed by atoms with Gasteiger partial charge < -0.3 is 9.64 Å². The van der Waals surface area contributed by atoms with Crippen LogP contribution in [0.5, 0.6) is 0 Å². The van der Waals surface area contributed by atoms with Crippen LogP contribution in [0.3, 0.4) is 0 Å². The summed E-state index contributed by atoms with van der Waals surface area (Å²) in [5, 5.41) is 0. The summed E-state index contributed by atoms with van der Waals surface area (Å²) in [5.74, 6) is 0.102. The first-order valence-electron chi connectivity index (χ1n) is 8.31. The van der Waals surface area contributed by atoms with Gasteiger partial charge in [-0.15, -0.1) is 0 Å². The molecule has 2 saturated heterocycles. The van der Waals surface area contributed by atoms with Gasteiger partial charge in [0, 0.05) is 39.4 Å². The molecule has 0 unspecified atom stereocenters. The number of carbonyl (C=O) groups excluding carboxylic acids is 1. The van der Waals surface area contributed by atoms with Crippen molar-refractivity contribution in [2.24, 2.45) is 0 Å². The summed E-state index contributed by atoms with van der Waals surface area (Å²) in [4.78, 5) is 15.2. The van der Waals surface area contributed by atoms with Crippen LogP contribution in [-0.2, 0) is 25.0 Å². The van der Waals surface area contributed by atoms with E-state index in [9.17, 15) is 13.2 Å². The zero-order valence-electron chi connectivity index (χ0n) is 14.0. The lowest BCUT2D eigenvalue weighted by atomic mass is 9.73. The largest absolute Gasteiger partial charge is 0.381 e. The van der Waals surface area contributed by atoms with Gasteiger partial charge in [0.15, 0.2) is 0 Å². The van der Waals surface area contributed by atoms with Crippen molar-refractivity contribution in [2.45, 2.75) is 18.3 Å². The summed E-state index contributed by atoms with van der Waals surface area (Å²) in [7, 11) is -3.19. The predicted octanol–water partition coefficient (Wildman–Crippen LogP) is 0.839. The summed E-state index contributed by atoms with van der Waals surface area (Å²) in [6.45, 7) is 2.77. The number of carbonyl (C=O) groups is 1. The molecule has 0 atom stereocenters. The number of hydrogen-bond donors (Lipinski definition) is 0. The van der Waals surface area contributed by atoms with Gasteiger partial charge >= 0.3 is 0 Å². The second-order valence-corrected chi connectivity index (χ2v) is 8.50. The molecule has 0 N–H and O–H groups in total. The molecule has 0 spiro atoms. The monoisotopic (exact) mass is 352 g/mol. The van der Waals surface area contributed by atoms with Crippen molar-refractivity contribution in [3.63, 3.8) is 0 Å². The van der Waals surface area contributed by atoms with E-state index in [4.69, 9.17) is 4.74 Å². The van der Waals surface area contributed by atoms with Crippen LogP contribution in [-0.4, -0.2) is 69.2 Å². The molecular formula is C17H24N2O4S. The summed E-state index contributed by atoms with van der Waals surface area (Å²) in [6, 6.07) is 9.89. The lowest BCUT2D eigenvalue weighted by Crippen LogP contribution is -2.56. The van der Waals surface area contributed by atoms with E-state index >= 15 is 0 Å². The van der Waals surface area contributed by atoms with Crippen LogP contribution < -0.4 is 0 Å². The Bertz CT molecular complexity index is 676. The first-order chi connectivity index (χ1) is 11.4. The van der Waals surface area contributed by atoms with E-state index in [1.807, 2.05) is 35.2 Å². The normalized spacial score (nSPS) is 22.3. The molecule has 0 bridgehead atoms. The fourth-order valence-corrected chi connectivity index (χ4v) is 4.46. The van der Waals surface area contributed by atoms with Crippen LogP contribution in [0.1, 0.15) is 18.4 Å². The number of nitrogens with zero attached hydrogens (tertiary/aromatic N) is 2. The maximum Gasteiger partial charge on any atom is 0.233 e. The molecule has 0 aromatic heterocycles. The molecule has 132 valence electrons. The second-order valence-electron chi connectivity index (χ2n) is 6.51. The number of rotatable bonds is 3. The molecule has 0 radical (unpaired) electrons. The molecule has 2 aliphatic heterocycles. The Morgan fingerprint density at radius 1 is 1.04 bits per heavy atom. The SMILES string of the molecule is CS(=O)(=O)N1CCN(C(=O)C2(c3ccccc3)CCOCC2)CC1. The number of sulfonamides is 1. The molecule has 1 aromatic carbocycles. The first kappa shape index (κ1) is 17.4. The highest BCUT2D eigenvalue weighted by molar-refractivity contribution is 7.88. The van der Waals surface area contributed by atoms with Gasteiger partial charge in [-0.1, -0.05) is 30.3 Å². The molecule has 0 saturated carbocycles. The Morgan fingerprint density at radius 2 is 1.62 bits per heavy atom. The maximum atomic E-state index is 13.3. The third kappa shape index (κ3) is 3.34. The topological polar surface area (TPSA) is 66.9 Å². The van der Waals surface area contributed by atoms with Gasteiger partial charge in [-0.3, -0.25) is 4.79 Å². The molecule has 2 aliphatic rings. The van der Waals surface area contributed by atoms with Crippen LogP contribution in [0.4, 0.5) is 0 Å². The van der Waals surface area contributed by atoms with Crippen LogP contribution in [0, 0.1) is 0 Å². The van der Waals surface area contributed by atoms with E-state index in [2.05, 4.69) is 0 Å². The minimum Gasteiger partial charge on any atom is -0.381 e. The van der Waals surface area contributed by atoms with Gasteiger partial charge in [0.2, 0.25) is 15.9 Å². The summed E-state index contributed by atoms with van der Waals surface area (Å²) in [5.41, 5.74) is 0.482. The van der Waals surface area contributed by atoms with E-state index in [0.29, 0.717) is 52.2 Å². The average molecular weight is 352 g/mol. The minimum atomic E-state index is -3.19. The van der Waals surface area contributed by atoms with Gasteiger partial charge in [-0.2, -0.15) is 4.31 Å². The predicted molar refractivity (Wildman–Crippen MR) is 91.2 cm³/mol. The summed E-state index contributed by atoms with van der Waals surface area (Å²) in [6.07, 6.45) is 2.55. The van der Waals surface area contributed by atoms with Gasteiger partial charge in [0.05, 0.1) is 11.7 Å². The second kappa shape index (κ2) is 6.82. The van der Waals surface area contributed by atoms with Crippen LogP contribution in [0.15, 0.2) is 30.3 Å². The van der Waals surface area contributed by atoms with E-state index < -0.39 is 15.4 Å². The number of amides is 1. The number of ether oxygens (including phenoxy) is 1. The van der Waals surface area contributed by atoms with Crippen molar-refractivity contribution in [1.29, 1.82) is 0 Å². The highest BCUT2D eigenvalue weighted by Crippen LogP contribution is 2.37. The highest BCUT2D eigenvalue weighted by atomic mass is 32.2. The molecule has 2 fully saturated rings. The fraction of sp³-hybridized carbons (Fsp3) is 0.588. The van der Waals surface area contributed by atoms with Gasteiger partial charge in [-0.05, 0) is 18.4 Å². The molecule has 1 amide bonds. The van der Waals surface area contributed by atoms with Crippen LogP contribution in [0.2, 0.25) is 0 Å². The standard InChI is InChI=1S/C17H24N2O4S/c1-24(21,22)19-11-9-18(10-12-19)16(20)17(7-13-23-14-8-17)15-5-3-2-4-6-15/h2-6H,7-14H2,1H3. The van der Waals surface area contributed by atoms with Gasteiger partial charge in [0.25, 0.3) is 0 Å². The molecule has 7 heteroatoms. The number of hydrogen-bond acceptors (Lipinski definition) is 4. The van der Waals surface area contributed by atoms with Crippen molar-refractivity contribution in [1.82, 2.24) is 9.21 Å². The fourth-order valence-electron chi connectivity index (χ4n) is 3.63. The third-order valence-corrected chi connectivity index (χ3v) is 6.38. The third-order valence-electron chi connectivity index (χ3n) is 5.08. The van der Waals surface area contributed by atoms with Gasteiger partial charge in [-0.25, -0.2) is 8.42 Å². The lowest BCUT2D eigenvalue weighted by molar-refractivity contribution is -0.142. The first-order valence-corrected chi connectivity index (χ1v) is 10.2. The molecule has 0 aliphatic carbocycles. The smallest absolute Gasteiger partial charge is 0.233 e. The van der Waals surface area contributed by atoms with E-state index in [0.717, 1.165) is 5.56 Å². The molecular weight excluding hydrogens is 328 g/mol. The quantitative estimate of drug-likeness (QED) is 0.808. The van der Waals surface area contributed by atoms with Crippen molar-refractivity contribution < 1.29 is 17.9 Å². The van der Waals surface area contributed by atoms with Gasteiger partial charge in [0.1, 0.15) is 0 Å². The highest BCUT2D eigenvalue weighted by Gasteiger charge is 2.44. The van der Waals surface area contributed by atoms with Crippen molar-refractivity contribution in [2.75, 3.05) is 45.6 Å². The average Bonchev–Trinajstić information content (AvgIpc) is 2.62. The van der Waals surface area contributed by atoms with Crippen LogP contribution in [0.25, 0.3) is 0 Å². The molecule has 24 heavy (non-hydrogen) atoms. The lowest BCUT2D eigenvalue weighted by Gasteiger charge is -2.42.